The lowest BCUT2D eigenvalue weighted by atomic mass is 10.0. The molecule has 1 atom stereocenters. The summed E-state index contributed by atoms with van der Waals surface area (Å²) in [6, 6.07) is 24.4. The van der Waals surface area contributed by atoms with Gasteiger partial charge in [-0.1, -0.05) is 54.6 Å². The molecule has 0 aliphatic carbocycles. The molecule has 32 heavy (non-hydrogen) atoms. The van der Waals surface area contributed by atoms with E-state index in [2.05, 4.69) is 0 Å². The third kappa shape index (κ3) is 4.11. The van der Waals surface area contributed by atoms with Gasteiger partial charge in [0.2, 0.25) is 5.91 Å². The second kappa shape index (κ2) is 8.50. The van der Waals surface area contributed by atoms with Crippen LogP contribution in [0.2, 0.25) is 0 Å². The Labute approximate surface area is 189 Å². The van der Waals surface area contributed by atoms with E-state index in [1.807, 2.05) is 85.8 Å². The number of carbonyl (C=O) groups is 2. The fourth-order valence-corrected chi connectivity index (χ4v) is 4.01. The smallest absolute Gasteiger partial charge is 0.271 e. The summed E-state index contributed by atoms with van der Waals surface area (Å²) in [6.45, 7) is 7.63. The molecule has 2 amide bonds. The zero-order valence-corrected chi connectivity index (χ0v) is 18.9. The van der Waals surface area contributed by atoms with Gasteiger partial charge in [-0.25, -0.2) is 0 Å². The van der Waals surface area contributed by atoms with Crippen LogP contribution in [0.25, 0.3) is 0 Å². The standard InChI is InChI=1S/C27H28N2O3/c1-19-15-16-24-23(17-19)29(26(31)27(3,4)32-24)20(2)25(30)28(22-13-9-6-10-14-22)18-21-11-7-5-8-12-21/h5-17,20H,18H2,1-4H3. The van der Waals surface area contributed by atoms with Crippen molar-refractivity contribution < 1.29 is 14.3 Å². The molecule has 3 aromatic carbocycles. The van der Waals surface area contributed by atoms with Crippen LogP contribution in [0.5, 0.6) is 5.75 Å². The minimum Gasteiger partial charge on any atom is -0.476 e. The number of nitrogens with zero attached hydrogens (tertiary/aromatic N) is 2. The van der Waals surface area contributed by atoms with E-state index in [-0.39, 0.29) is 11.8 Å². The molecule has 0 spiro atoms. The highest BCUT2D eigenvalue weighted by Gasteiger charge is 2.45. The third-order valence-electron chi connectivity index (χ3n) is 5.74. The second-order valence-electron chi connectivity index (χ2n) is 8.68. The van der Waals surface area contributed by atoms with Gasteiger partial charge in [0.15, 0.2) is 5.60 Å². The summed E-state index contributed by atoms with van der Waals surface area (Å²) < 4.78 is 5.97. The van der Waals surface area contributed by atoms with Crippen LogP contribution >= 0.6 is 0 Å². The highest BCUT2D eigenvalue weighted by Crippen LogP contribution is 2.40. The first kappa shape index (κ1) is 21.6. The molecule has 0 fully saturated rings. The largest absolute Gasteiger partial charge is 0.476 e. The minimum absolute atomic E-state index is 0.154. The topological polar surface area (TPSA) is 49.9 Å². The molecule has 1 heterocycles. The predicted octanol–water partition coefficient (Wildman–Crippen LogP) is 5.12. The number of ether oxygens (including phenoxy) is 1. The lowest BCUT2D eigenvalue weighted by Crippen LogP contribution is -2.59. The highest BCUT2D eigenvalue weighted by atomic mass is 16.5. The summed E-state index contributed by atoms with van der Waals surface area (Å²) in [7, 11) is 0. The number of rotatable bonds is 5. The summed E-state index contributed by atoms with van der Waals surface area (Å²) in [5, 5.41) is 0. The van der Waals surface area contributed by atoms with Crippen molar-refractivity contribution in [1.82, 2.24) is 0 Å². The van der Waals surface area contributed by atoms with Crippen molar-refractivity contribution in [3.63, 3.8) is 0 Å². The van der Waals surface area contributed by atoms with E-state index in [1.54, 1.807) is 30.6 Å². The molecule has 0 saturated carbocycles. The molecule has 1 aliphatic rings. The number of fused-ring (bicyclic) bond motifs is 1. The van der Waals surface area contributed by atoms with Crippen LogP contribution in [0.4, 0.5) is 11.4 Å². The summed E-state index contributed by atoms with van der Waals surface area (Å²) in [5.74, 6) is 0.219. The Balaban J connectivity index is 1.74. The van der Waals surface area contributed by atoms with E-state index in [0.717, 1.165) is 16.8 Å². The Morgan fingerprint density at radius 2 is 1.62 bits per heavy atom. The van der Waals surface area contributed by atoms with Crippen molar-refractivity contribution in [3.05, 3.63) is 90.0 Å². The number of hydrogen-bond donors (Lipinski definition) is 0. The van der Waals surface area contributed by atoms with Crippen LogP contribution in [0.3, 0.4) is 0 Å². The van der Waals surface area contributed by atoms with Gasteiger partial charge in [-0.15, -0.1) is 0 Å². The molecular weight excluding hydrogens is 400 g/mol. The van der Waals surface area contributed by atoms with Gasteiger partial charge < -0.3 is 9.64 Å². The first-order chi connectivity index (χ1) is 15.3. The lowest BCUT2D eigenvalue weighted by molar-refractivity contribution is -0.135. The van der Waals surface area contributed by atoms with E-state index < -0.39 is 11.6 Å². The molecule has 0 aromatic heterocycles. The van der Waals surface area contributed by atoms with Gasteiger partial charge in [0.05, 0.1) is 12.2 Å². The maximum absolute atomic E-state index is 13.9. The lowest BCUT2D eigenvalue weighted by Gasteiger charge is -2.42. The van der Waals surface area contributed by atoms with Gasteiger partial charge in [-0.05, 0) is 63.1 Å². The van der Waals surface area contributed by atoms with Gasteiger partial charge in [-0.2, -0.15) is 0 Å². The van der Waals surface area contributed by atoms with Gasteiger partial charge in [0.25, 0.3) is 5.91 Å². The summed E-state index contributed by atoms with van der Waals surface area (Å²) in [6.07, 6.45) is 0. The van der Waals surface area contributed by atoms with Gasteiger partial charge in [-0.3, -0.25) is 14.5 Å². The zero-order valence-electron chi connectivity index (χ0n) is 18.9. The number of para-hydroxylation sites is 1. The van der Waals surface area contributed by atoms with Gasteiger partial charge >= 0.3 is 0 Å². The quantitative estimate of drug-likeness (QED) is 0.567. The Bertz CT molecular complexity index is 1130. The van der Waals surface area contributed by atoms with Crippen LogP contribution in [-0.4, -0.2) is 23.5 Å². The molecular formula is C27H28N2O3. The second-order valence-corrected chi connectivity index (χ2v) is 8.68. The van der Waals surface area contributed by atoms with Crippen molar-refractivity contribution in [3.8, 4) is 5.75 Å². The van der Waals surface area contributed by atoms with E-state index in [9.17, 15) is 9.59 Å². The molecule has 5 nitrogen and oxygen atoms in total. The third-order valence-corrected chi connectivity index (χ3v) is 5.74. The average Bonchev–Trinajstić information content (AvgIpc) is 2.79. The van der Waals surface area contributed by atoms with Crippen molar-refractivity contribution in [2.45, 2.75) is 45.9 Å². The van der Waals surface area contributed by atoms with Crippen molar-refractivity contribution in [1.29, 1.82) is 0 Å². The molecule has 0 radical (unpaired) electrons. The molecule has 1 aliphatic heterocycles. The summed E-state index contributed by atoms with van der Waals surface area (Å²) >= 11 is 0. The SMILES string of the molecule is Cc1ccc2c(c1)N(C(C)C(=O)N(Cc1ccccc1)c1ccccc1)C(=O)C(C)(C)O2. The predicted molar refractivity (Wildman–Crippen MR) is 127 cm³/mol. The molecule has 4 rings (SSSR count). The fourth-order valence-electron chi connectivity index (χ4n) is 4.01. The van der Waals surface area contributed by atoms with E-state index in [4.69, 9.17) is 4.74 Å². The maximum Gasteiger partial charge on any atom is 0.271 e. The number of carbonyl (C=O) groups excluding carboxylic acids is 2. The van der Waals surface area contributed by atoms with E-state index in [1.165, 1.54) is 0 Å². The monoisotopic (exact) mass is 428 g/mol. The molecule has 0 saturated heterocycles. The van der Waals surface area contributed by atoms with Gasteiger partial charge in [0.1, 0.15) is 11.8 Å². The zero-order chi connectivity index (χ0) is 22.9. The van der Waals surface area contributed by atoms with Crippen molar-refractivity contribution in [2.75, 3.05) is 9.80 Å². The average molecular weight is 429 g/mol. The summed E-state index contributed by atoms with van der Waals surface area (Å²) in [4.78, 5) is 30.6. The number of aryl methyl sites for hydroxylation is 1. The van der Waals surface area contributed by atoms with Crippen LogP contribution in [0.1, 0.15) is 31.9 Å². The molecule has 0 N–H and O–H groups in total. The number of anilines is 2. The van der Waals surface area contributed by atoms with Crippen LogP contribution < -0.4 is 14.5 Å². The van der Waals surface area contributed by atoms with E-state index >= 15 is 0 Å². The van der Waals surface area contributed by atoms with Crippen molar-refractivity contribution in [2.24, 2.45) is 0 Å². The Morgan fingerprint density at radius 1 is 1.00 bits per heavy atom. The van der Waals surface area contributed by atoms with Crippen LogP contribution in [0, 0.1) is 6.92 Å². The Kier molecular flexibility index (Phi) is 5.74. The van der Waals surface area contributed by atoms with E-state index in [0.29, 0.717) is 18.0 Å². The number of amides is 2. The van der Waals surface area contributed by atoms with Crippen LogP contribution in [0.15, 0.2) is 78.9 Å². The molecule has 1 unspecified atom stereocenters. The Morgan fingerprint density at radius 3 is 2.28 bits per heavy atom. The first-order valence-corrected chi connectivity index (χ1v) is 10.8. The maximum atomic E-state index is 13.9. The molecule has 5 heteroatoms. The first-order valence-electron chi connectivity index (χ1n) is 10.8. The molecule has 3 aromatic rings. The number of benzene rings is 3. The fraction of sp³-hybridized carbons (Fsp3) is 0.259. The highest BCUT2D eigenvalue weighted by molar-refractivity contribution is 6.10. The summed E-state index contributed by atoms with van der Waals surface area (Å²) in [5.41, 5.74) is 2.37. The van der Waals surface area contributed by atoms with Gasteiger partial charge in [0, 0.05) is 5.69 Å². The van der Waals surface area contributed by atoms with Crippen molar-refractivity contribution >= 4 is 23.2 Å². The molecule has 164 valence electrons. The van der Waals surface area contributed by atoms with Crippen LogP contribution in [-0.2, 0) is 16.1 Å². The Hall–Kier alpha value is -3.60. The molecule has 0 bridgehead atoms. The minimum atomic E-state index is -1.06. The number of hydrogen-bond acceptors (Lipinski definition) is 3. The normalized spacial score (nSPS) is 15.5.